The molecule has 3 nitrogen and oxygen atoms in total. The van der Waals surface area contributed by atoms with Gasteiger partial charge in [0.1, 0.15) is 11.6 Å². The van der Waals surface area contributed by atoms with E-state index >= 15 is 0 Å². The molecule has 0 aliphatic heterocycles. The Morgan fingerprint density at radius 3 is 2.44 bits per heavy atom. The molecule has 0 spiro atoms. The molecular weight excluding hydrogens is 224 g/mol. The van der Waals surface area contributed by atoms with Crippen LogP contribution < -0.4 is 0 Å². The molecule has 0 aliphatic carbocycles. The van der Waals surface area contributed by atoms with Gasteiger partial charge in [-0.3, -0.25) is 0 Å². The van der Waals surface area contributed by atoms with Crippen molar-refractivity contribution >= 4 is 0 Å². The summed E-state index contributed by atoms with van der Waals surface area (Å²) in [6.07, 6.45) is 4.47. The van der Waals surface area contributed by atoms with Gasteiger partial charge in [-0.15, -0.1) is 0 Å². The average molecular weight is 250 g/mol. The van der Waals surface area contributed by atoms with Gasteiger partial charge in [0, 0.05) is 24.7 Å². The van der Waals surface area contributed by atoms with Gasteiger partial charge in [0.25, 0.3) is 0 Å². The number of aromatic nitrogens is 2. The molecular formula is C15H26N2O. The maximum Gasteiger partial charge on any atom is 0.113 e. The van der Waals surface area contributed by atoms with E-state index in [4.69, 9.17) is 4.74 Å². The number of imidazole rings is 1. The van der Waals surface area contributed by atoms with Crippen LogP contribution in [-0.4, -0.2) is 9.97 Å². The normalized spacial score (nSPS) is 13.0. The van der Waals surface area contributed by atoms with Gasteiger partial charge < -0.3 is 9.72 Å². The predicted octanol–water partition coefficient (Wildman–Crippen LogP) is 4.77. The summed E-state index contributed by atoms with van der Waals surface area (Å²) in [5, 5.41) is 0. The van der Waals surface area contributed by atoms with Crippen LogP contribution in [0.4, 0.5) is 0 Å². The zero-order valence-electron chi connectivity index (χ0n) is 12.5. The van der Waals surface area contributed by atoms with E-state index in [1.807, 2.05) is 27.0 Å². The summed E-state index contributed by atoms with van der Waals surface area (Å²) in [4.78, 5) is 7.39. The van der Waals surface area contributed by atoms with E-state index in [-0.39, 0.29) is 5.92 Å². The number of allylic oxidation sites excluding steroid dienone is 3. The molecule has 0 fully saturated rings. The van der Waals surface area contributed by atoms with Crippen molar-refractivity contribution in [3.63, 3.8) is 0 Å². The fourth-order valence-electron chi connectivity index (χ4n) is 1.60. The lowest BCUT2D eigenvalue weighted by molar-refractivity contribution is 0.290. The minimum absolute atomic E-state index is 0.240. The summed E-state index contributed by atoms with van der Waals surface area (Å²) in [6, 6.07) is 0. The first-order chi connectivity index (χ1) is 8.56. The SMILES string of the molecule is C=C(C)O/C(CC)=C(\C)C(C)c1ncc[nH]1.CC. The molecule has 1 heterocycles. The van der Waals surface area contributed by atoms with Crippen LogP contribution in [0.5, 0.6) is 0 Å². The molecule has 1 unspecified atom stereocenters. The van der Waals surface area contributed by atoms with Crippen molar-refractivity contribution in [3.8, 4) is 0 Å². The highest BCUT2D eigenvalue weighted by molar-refractivity contribution is 5.19. The summed E-state index contributed by atoms with van der Waals surface area (Å²) in [5.41, 5.74) is 1.19. The number of aromatic amines is 1. The van der Waals surface area contributed by atoms with Crippen LogP contribution in [0, 0.1) is 0 Å². The number of nitrogens with zero attached hydrogens (tertiary/aromatic N) is 1. The molecule has 0 aliphatic rings. The Morgan fingerprint density at radius 2 is 2.06 bits per heavy atom. The molecule has 3 heteroatoms. The highest BCUT2D eigenvalue weighted by atomic mass is 16.5. The summed E-state index contributed by atoms with van der Waals surface area (Å²) in [6.45, 7) is 15.9. The third-order valence-electron chi connectivity index (χ3n) is 2.64. The van der Waals surface area contributed by atoms with Crippen molar-refractivity contribution in [2.24, 2.45) is 0 Å². The van der Waals surface area contributed by atoms with E-state index in [9.17, 15) is 0 Å². The first kappa shape index (κ1) is 16.5. The van der Waals surface area contributed by atoms with Gasteiger partial charge in [-0.05, 0) is 19.4 Å². The van der Waals surface area contributed by atoms with E-state index in [0.29, 0.717) is 0 Å². The van der Waals surface area contributed by atoms with Gasteiger partial charge in [0.2, 0.25) is 0 Å². The van der Waals surface area contributed by atoms with E-state index in [1.165, 1.54) is 5.57 Å². The lowest BCUT2D eigenvalue weighted by Crippen LogP contribution is -2.03. The van der Waals surface area contributed by atoms with Gasteiger partial charge in [-0.2, -0.15) is 0 Å². The minimum atomic E-state index is 0.240. The first-order valence-electron chi connectivity index (χ1n) is 6.58. The topological polar surface area (TPSA) is 37.9 Å². The van der Waals surface area contributed by atoms with E-state index in [2.05, 4.69) is 37.3 Å². The molecule has 0 amide bonds. The number of ether oxygens (including phenoxy) is 1. The van der Waals surface area contributed by atoms with Gasteiger partial charge in [0.05, 0.1) is 5.76 Å². The maximum absolute atomic E-state index is 5.62. The molecule has 0 bridgehead atoms. The van der Waals surface area contributed by atoms with Crippen LogP contribution in [0.1, 0.15) is 59.7 Å². The quantitative estimate of drug-likeness (QED) is 0.764. The molecule has 102 valence electrons. The molecule has 18 heavy (non-hydrogen) atoms. The highest BCUT2D eigenvalue weighted by Crippen LogP contribution is 2.26. The molecule has 0 aromatic carbocycles. The van der Waals surface area contributed by atoms with Crippen LogP contribution in [0.15, 0.2) is 36.1 Å². The molecule has 0 saturated carbocycles. The fourth-order valence-corrected chi connectivity index (χ4v) is 1.60. The Balaban J connectivity index is 0.00000137. The van der Waals surface area contributed by atoms with Crippen molar-refractivity contribution in [2.45, 2.75) is 53.9 Å². The smallest absolute Gasteiger partial charge is 0.113 e. The van der Waals surface area contributed by atoms with Crippen molar-refractivity contribution in [3.05, 3.63) is 41.9 Å². The lowest BCUT2D eigenvalue weighted by atomic mass is 10.00. The zero-order chi connectivity index (χ0) is 14.1. The van der Waals surface area contributed by atoms with Crippen LogP contribution in [0.25, 0.3) is 0 Å². The molecule has 0 saturated heterocycles. The predicted molar refractivity (Wildman–Crippen MR) is 77.2 cm³/mol. The average Bonchev–Trinajstić information content (AvgIpc) is 2.90. The molecule has 1 N–H and O–H groups in total. The van der Waals surface area contributed by atoms with Gasteiger partial charge in [-0.25, -0.2) is 4.98 Å². The Hall–Kier alpha value is -1.51. The minimum Gasteiger partial charge on any atom is -0.467 e. The molecule has 1 rings (SSSR count). The molecule has 1 aromatic rings. The highest BCUT2D eigenvalue weighted by Gasteiger charge is 2.14. The summed E-state index contributed by atoms with van der Waals surface area (Å²) >= 11 is 0. The second kappa shape index (κ2) is 8.56. The second-order valence-corrected chi connectivity index (χ2v) is 3.96. The Morgan fingerprint density at radius 1 is 1.44 bits per heavy atom. The van der Waals surface area contributed by atoms with E-state index in [0.717, 1.165) is 23.8 Å². The van der Waals surface area contributed by atoms with Crippen molar-refractivity contribution in [1.82, 2.24) is 9.97 Å². The van der Waals surface area contributed by atoms with Gasteiger partial charge in [-0.1, -0.05) is 34.3 Å². The number of nitrogens with one attached hydrogen (secondary N) is 1. The molecule has 1 atom stereocenters. The zero-order valence-corrected chi connectivity index (χ0v) is 12.5. The number of hydrogen-bond acceptors (Lipinski definition) is 2. The molecule has 1 aromatic heterocycles. The van der Waals surface area contributed by atoms with Gasteiger partial charge >= 0.3 is 0 Å². The Bertz CT molecular complexity index is 377. The van der Waals surface area contributed by atoms with E-state index < -0.39 is 0 Å². The Kier molecular flexibility index (Phi) is 7.84. The fraction of sp³-hybridized carbons (Fsp3) is 0.533. The summed E-state index contributed by atoms with van der Waals surface area (Å²) in [5.74, 6) is 2.91. The largest absolute Gasteiger partial charge is 0.467 e. The number of hydrogen-bond donors (Lipinski definition) is 1. The van der Waals surface area contributed by atoms with Gasteiger partial charge in [0.15, 0.2) is 0 Å². The number of H-pyrrole nitrogens is 1. The van der Waals surface area contributed by atoms with E-state index in [1.54, 1.807) is 6.20 Å². The third-order valence-corrected chi connectivity index (χ3v) is 2.64. The summed E-state index contributed by atoms with van der Waals surface area (Å²) in [7, 11) is 0. The van der Waals surface area contributed by atoms with Crippen molar-refractivity contribution in [1.29, 1.82) is 0 Å². The monoisotopic (exact) mass is 250 g/mol. The second-order valence-electron chi connectivity index (χ2n) is 3.96. The van der Waals surface area contributed by atoms with Crippen LogP contribution in [0.3, 0.4) is 0 Å². The van der Waals surface area contributed by atoms with Crippen LogP contribution in [0.2, 0.25) is 0 Å². The lowest BCUT2D eigenvalue weighted by Gasteiger charge is -2.16. The third kappa shape index (κ3) is 4.78. The van der Waals surface area contributed by atoms with Crippen LogP contribution >= 0.6 is 0 Å². The van der Waals surface area contributed by atoms with Crippen molar-refractivity contribution in [2.75, 3.05) is 0 Å². The Labute approximate surface area is 111 Å². The number of rotatable bonds is 5. The summed E-state index contributed by atoms with van der Waals surface area (Å²) < 4.78 is 5.62. The first-order valence-corrected chi connectivity index (χ1v) is 6.58. The standard InChI is InChI=1S/C13H20N2O.C2H6/c1-6-12(16-9(2)3)10(4)11(5)13-14-7-8-15-13;1-2/h7-8,11H,2,6H2,1,3-5H3,(H,14,15);1-2H3/b12-10+;. The van der Waals surface area contributed by atoms with Crippen LogP contribution in [-0.2, 0) is 4.74 Å². The van der Waals surface area contributed by atoms with Crippen molar-refractivity contribution < 1.29 is 4.74 Å². The molecule has 0 radical (unpaired) electrons. The maximum atomic E-state index is 5.62.